The molecule has 8 nitrogen and oxygen atoms in total. The highest BCUT2D eigenvalue weighted by Gasteiger charge is 2.21. The molecule has 1 unspecified atom stereocenters. The fraction of sp³-hybridized carbons (Fsp3) is 0.393. The molecule has 0 bridgehead atoms. The van der Waals surface area contributed by atoms with Crippen LogP contribution in [0, 0.1) is 0 Å². The van der Waals surface area contributed by atoms with E-state index in [2.05, 4.69) is 23.5 Å². The third-order valence-corrected chi connectivity index (χ3v) is 8.26. The SMILES string of the molecule is CC(=O)NC(CSSc1ccc(CO)cc1CCOCC(=O)OCC1=Cc2ccccc2C1)C(=O)N(C)C. The number of nitrogens with one attached hydrogen (secondary N) is 1. The van der Waals surface area contributed by atoms with E-state index in [0.29, 0.717) is 18.8 Å². The monoisotopic (exact) mass is 558 g/mol. The summed E-state index contributed by atoms with van der Waals surface area (Å²) in [5.74, 6) is -0.444. The zero-order valence-corrected chi connectivity index (χ0v) is 23.5. The van der Waals surface area contributed by atoms with E-state index in [1.165, 1.54) is 44.5 Å². The molecule has 0 saturated carbocycles. The Morgan fingerprint density at radius 3 is 2.66 bits per heavy atom. The van der Waals surface area contributed by atoms with Gasteiger partial charge in [0.15, 0.2) is 0 Å². The average Bonchev–Trinajstić information content (AvgIpc) is 3.32. The van der Waals surface area contributed by atoms with Crippen LogP contribution in [0.25, 0.3) is 6.08 Å². The Labute approximate surface area is 231 Å². The second-order valence-corrected chi connectivity index (χ2v) is 11.5. The minimum absolute atomic E-state index is 0.0834. The highest BCUT2D eigenvalue weighted by Crippen LogP contribution is 2.35. The number of aliphatic hydroxyl groups excluding tert-OH is 1. The smallest absolute Gasteiger partial charge is 0.332 e. The standard InChI is InChI=1S/C28H34N2O6S2/c1-19(32)29-25(28(34)30(2)3)18-37-38-26-9-8-20(15-31)12-24(26)10-11-35-17-27(33)36-16-21-13-22-6-4-5-7-23(22)14-21/h4-9,12-13,25,31H,10-11,14-18H2,1-3H3,(H,29,32). The molecule has 204 valence electrons. The van der Waals surface area contributed by atoms with Crippen LogP contribution in [0.15, 0.2) is 52.9 Å². The number of likely N-dealkylation sites (N-methyl/N-ethyl adjacent to an activating group) is 1. The van der Waals surface area contributed by atoms with Gasteiger partial charge in [0, 0.05) is 31.7 Å². The van der Waals surface area contributed by atoms with Crippen molar-refractivity contribution in [3.63, 3.8) is 0 Å². The zero-order chi connectivity index (χ0) is 27.5. The van der Waals surface area contributed by atoms with Crippen molar-refractivity contribution in [2.45, 2.75) is 37.3 Å². The Balaban J connectivity index is 1.45. The van der Waals surface area contributed by atoms with Crippen LogP contribution in [-0.4, -0.2) is 73.5 Å². The summed E-state index contributed by atoms with van der Waals surface area (Å²) in [6, 6.07) is 13.2. The number of benzene rings is 2. The number of nitrogens with zero attached hydrogens (tertiary/aromatic N) is 1. The topological polar surface area (TPSA) is 105 Å². The molecule has 0 spiro atoms. The molecular formula is C28H34N2O6S2. The summed E-state index contributed by atoms with van der Waals surface area (Å²) in [5, 5.41) is 12.3. The molecule has 0 heterocycles. The van der Waals surface area contributed by atoms with Gasteiger partial charge in [0.05, 0.1) is 13.2 Å². The number of hydrogen-bond donors (Lipinski definition) is 2. The lowest BCUT2D eigenvalue weighted by Gasteiger charge is -2.20. The van der Waals surface area contributed by atoms with Crippen molar-refractivity contribution in [2.75, 3.05) is 39.7 Å². The van der Waals surface area contributed by atoms with Crippen molar-refractivity contribution in [1.29, 1.82) is 0 Å². The predicted molar refractivity (Wildman–Crippen MR) is 151 cm³/mol. The van der Waals surface area contributed by atoms with Gasteiger partial charge in [-0.05, 0) is 46.7 Å². The van der Waals surface area contributed by atoms with E-state index in [-0.39, 0.29) is 31.6 Å². The first-order valence-electron chi connectivity index (χ1n) is 12.3. The van der Waals surface area contributed by atoms with E-state index in [1.54, 1.807) is 14.1 Å². The number of carbonyl (C=O) groups is 3. The van der Waals surface area contributed by atoms with E-state index in [4.69, 9.17) is 9.47 Å². The van der Waals surface area contributed by atoms with Crippen molar-refractivity contribution in [2.24, 2.45) is 0 Å². The van der Waals surface area contributed by atoms with E-state index < -0.39 is 12.0 Å². The first-order valence-corrected chi connectivity index (χ1v) is 14.6. The molecule has 2 aromatic rings. The van der Waals surface area contributed by atoms with Crippen molar-refractivity contribution >= 4 is 45.4 Å². The number of carbonyl (C=O) groups excluding carboxylic acids is 3. The molecule has 1 aliphatic rings. The quantitative estimate of drug-likeness (QED) is 0.207. The van der Waals surface area contributed by atoms with E-state index in [9.17, 15) is 19.5 Å². The van der Waals surface area contributed by atoms with Gasteiger partial charge in [-0.1, -0.05) is 64.1 Å². The number of aliphatic hydroxyl groups is 1. The van der Waals surface area contributed by atoms with Gasteiger partial charge < -0.3 is 24.8 Å². The Bertz CT molecular complexity index is 1170. The Kier molecular flexibility index (Phi) is 11.7. The Morgan fingerprint density at radius 2 is 1.95 bits per heavy atom. The van der Waals surface area contributed by atoms with Crippen LogP contribution in [0.1, 0.15) is 29.2 Å². The summed E-state index contributed by atoms with van der Waals surface area (Å²) in [6.45, 7) is 1.73. The largest absolute Gasteiger partial charge is 0.459 e. The first-order chi connectivity index (χ1) is 18.3. The molecule has 10 heteroatoms. The van der Waals surface area contributed by atoms with Crippen molar-refractivity contribution in [1.82, 2.24) is 10.2 Å². The number of esters is 1. The normalized spacial score (nSPS) is 12.9. The molecule has 0 saturated heterocycles. The predicted octanol–water partition coefficient (Wildman–Crippen LogP) is 3.25. The van der Waals surface area contributed by atoms with Gasteiger partial charge in [0.2, 0.25) is 11.8 Å². The fourth-order valence-corrected chi connectivity index (χ4v) is 6.33. The van der Waals surface area contributed by atoms with Crippen LogP contribution in [0.4, 0.5) is 0 Å². The minimum atomic E-state index is -0.622. The fourth-order valence-electron chi connectivity index (χ4n) is 3.90. The van der Waals surface area contributed by atoms with Gasteiger partial charge >= 0.3 is 5.97 Å². The number of fused-ring (bicyclic) bond motifs is 1. The summed E-state index contributed by atoms with van der Waals surface area (Å²) in [5.41, 5.74) is 5.21. The van der Waals surface area contributed by atoms with Gasteiger partial charge in [-0.25, -0.2) is 4.79 Å². The lowest BCUT2D eigenvalue weighted by atomic mass is 10.1. The maximum Gasteiger partial charge on any atom is 0.332 e. The Morgan fingerprint density at radius 1 is 1.16 bits per heavy atom. The zero-order valence-electron chi connectivity index (χ0n) is 21.9. The molecule has 2 N–H and O–H groups in total. The first kappa shape index (κ1) is 29.8. The summed E-state index contributed by atoms with van der Waals surface area (Å²) in [4.78, 5) is 38.5. The van der Waals surface area contributed by atoms with Crippen LogP contribution in [-0.2, 0) is 43.3 Å². The van der Waals surface area contributed by atoms with E-state index >= 15 is 0 Å². The molecule has 2 amide bonds. The molecule has 0 aromatic heterocycles. The molecule has 0 radical (unpaired) electrons. The van der Waals surface area contributed by atoms with Crippen molar-refractivity contribution in [3.8, 4) is 0 Å². The molecule has 2 aromatic carbocycles. The molecule has 1 atom stereocenters. The van der Waals surface area contributed by atoms with Gasteiger partial charge in [-0.2, -0.15) is 0 Å². The number of rotatable bonds is 14. The van der Waals surface area contributed by atoms with Crippen molar-refractivity contribution < 1.29 is 29.0 Å². The van der Waals surface area contributed by atoms with Crippen LogP contribution in [0.2, 0.25) is 0 Å². The molecule has 0 aliphatic heterocycles. The van der Waals surface area contributed by atoms with Gasteiger partial charge in [-0.3, -0.25) is 9.59 Å². The highest BCUT2D eigenvalue weighted by atomic mass is 33.1. The number of hydrogen-bond acceptors (Lipinski definition) is 8. The van der Waals surface area contributed by atoms with Crippen LogP contribution in [0.3, 0.4) is 0 Å². The van der Waals surface area contributed by atoms with Gasteiger partial charge in [-0.15, -0.1) is 0 Å². The third kappa shape index (κ3) is 9.20. The minimum Gasteiger partial charge on any atom is -0.459 e. The maximum atomic E-state index is 12.4. The number of amides is 2. The third-order valence-electron chi connectivity index (χ3n) is 5.79. The van der Waals surface area contributed by atoms with Gasteiger partial charge in [0.25, 0.3) is 0 Å². The van der Waals surface area contributed by atoms with Crippen LogP contribution in [0.5, 0.6) is 0 Å². The molecule has 1 aliphatic carbocycles. The van der Waals surface area contributed by atoms with Crippen molar-refractivity contribution in [3.05, 3.63) is 70.3 Å². The second-order valence-electron chi connectivity index (χ2n) is 9.10. The summed E-state index contributed by atoms with van der Waals surface area (Å²) < 4.78 is 11.0. The summed E-state index contributed by atoms with van der Waals surface area (Å²) >= 11 is 0. The average molecular weight is 559 g/mol. The second kappa shape index (κ2) is 15.0. The summed E-state index contributed by atoms with van der Waals surface area (Å²) in [7, 11) is 6.26. The van der Waals surface area contributed by atoms with E-state index in [0.717, 1.165) is 28.0 Å². The molecule has 3 rings (SSSR count). The lowest BCUT2D eigenvalue weighted by Crippen LogP contribution is -2.47. The summed E-state index contributed by atoms with van der Waals surface area (Å²) in [6.07, 6.45) is 3.39. The molecule has 0 fully saturated rings. The lowest BCUT2D eigenvalue weighted by molar-refractivity contribution is -0.148. The highest BCUT2D eigenvalue weighted by molar-refractivity contribution is 8.76. The molecular weight excluding hydrogens is 524 g/mol. The van der Waals surface area contributed by atoms with Gasteiger partial charge in [0.1, 0.15) is 19.3 Å². The van der Waals surface area contributed by atoms with E-state index in [1.807, 2.05) is 30.3 Å². The number of ether oxygens (including phenoxy) is 2. The Hall–Kier alpha value is -2.79. The maximum absolute atomic E-state index is 12.4. The van der Waals surface area contributed by atoms with Crippen LogP contribution < -0.4 is 5.32 Å². The van der Waals surface area contributed by atoms with Crippen LogP contribution >= 0.6 is 21.6 Å². The molecule has 38 heavy (non-hydrogen) atoms.